The van der Waals surface area contributed by atoms with E-state index in [1.807, 2.05) is 0 Å². The van der Waals surface area contributed by atoms with Gasteiger partial charge in [-0.1, -0.05) is 0 Å². The molecule has 0 aliphatic heterocycles. The highest BCUT2D eigenvalue weighted by Crippen LogP contribution is 2.37. The van der Waals surface area contributed by atoms with Crippen molar-refractivity contribution in [3.8, 4) is 0 Å². The molecule has 0 radical (unpaired) electrons. The fraction of sp³-hybridized carbons (Fsp3) is 0.818. The van der Waals surface area contributed by atoms with Gasteiger partial charge in [-0.25, -0.2) is 4.79 Å². The number of hydrogen-bond acceptors (Lipinski definition) is 4. The first-order valence-electron chi connectivity index (χ1n) is 5.83. The van der Waals surface area contributed by atoms with Gasteiger partial charge in [0.2, 0.25) is 0 Å². The lowest BCUT2D eigenvalue weighted by Gasteiger charge is -2.28. The number of alkyl halides is 5. The maximum atomic E-state index is 12.7. The van der Waals surface area contributed by atoms with Crippen LogP contribution in [0, 0.1) is 5.92 Å². The zero-order chi connectivity index (χ0) is 15.6. The highest BCUT2D eigenvalue weighted by atomic mass is 19.4. The highest BCUT2D eigenvalue weighted by molar-refractivity contribution is 5.78. The van der Waals surface area contributed by atoms with E-state index >= 15 is 0 Å². The van der Waals surface area contributed by atoms with Crippen molar-refractivity contribution in [3.63, 3.8) is 0 Å². The van der Waals surface area contributed by atoms with E-state index in [-0.39, 0.29) is 25.7 Å². The maximum absolute atomic E-state index is 12.7. The van der Waals surface area contributed by atoms with Crippen molar-refractivity contribution in [2.24, 2.45) is 5.92 Å². The summed E-state index contributed by atoms with van der Waals surface area (Å²) in [5, 5.41) is 0. The van der Waals surface area contributed by atoms with Gasteiger partial charge in [-0.05, 0) is 25.7 Å². The summed E-state index contributed by atoms with van der Waals surface area (Å²) in [7, 11) is 1.19. The molecule has 0 saturated heterocycles. The fourth-order valence-electron chi connectivity index (χ4n) is 1.92. The Bertz CT molecular complexity index is 371. The van der Waals surface area contributed by atoms with Crippen LogP contribution in [0.2, 0.25) is 0 Å². The summed E-state index contributed by atoms with van der Waals surface area (Å²) in [6.07, 6.45) is -6.52. The normalized spacial score (nSPS) is 24.1. The van der Waals surface area contributed by atoms with Crippen LogP contribution in [-0.4, -0.2) is 37.3 Å². The first-order valence-corrected chi connectivity index (χ1v) is 5.83. The summed E-state index contributed by atoms with van der Waals surface area (Å²) in [5.41, 5.74) is 0. The van der Waals surface area contributed by atoms with E-state index in [1.54, 1.807) is 0 Å². The number of esters is 2. The molecule has 1 fully saturated rings. The summed E-state index contributed by atoms with van der Waals surface area (Å²) in [6, 6.07) is 0. The largest absolute Gasteiger partial charge is 0.469 e. The van der Waals surface area contributed by atoms with Gasteiger partial charge in [0.25, 0.3) is 0 Å². The van der Waals surface area contributed by atoms with Crippen LogP contribution in [0.25, 0.3) is 0 Å². The van der Waals surface area contributed by atoms with E-state index in [9.17, 15) is 31.5 Å². The molecule has 0 spiro atoms. The number of hydrogen-bond donors (Lipinski definition) is 0. The molecule has 1 aliphatic carbocycles. The molecule has 4 nitrogen and oxygen atoms in total. The molecule has 1 aliphatic rings. The third kappa shape index (κ3) is 3.57. The van der Waals surface area contributed by atoms with Crippen LogP contribution >= 0.6 is 0 Å². The molecule has 1 rings (SSSR count). The van der Waals surface area contributed by atoms with E-state index in [4.69, 9.17) is 0 Å². The van der Waals surface area contributed by atoms with Crippen LogP contribution < -0.4 is 0 Å². The van der Waals surface area contributed by atoms with Gasteiger partial charge in [0.15, 0.2) is 0 Å². The number of carbonyl (C=O) groups excluding carboxylic acids is 2. The molecule has 20 heavy (non-hydrogen) atoms. The van der Waals surface area contributed by atoms with Gasteiger partial charge < -0.3 is 9.47 Å². The van der Waals surface area contributed by atoms with E-state index in [0.717, 1.165) is 0 Å². The second kappa shape index (κ2) is 5.92. The van der Waals surface area contributed by atoms with Crippen molar-refractivity contribution >= 4 is 11.9 Å². The van der Waals surface area contributed by atoms with Crippen molar-refractivity contribution < 1.29 is 41.0 Å². The quantitative estimate of drug-likeness (QED) is 0.594. The topological polar surface area (TPSA) is 52.6 Å². The zero-order valence-electron chi connectivity index (χ0n) is 10.5. The predicted molar refractivity (Wildman–Crippen MR) is 54.9 cm³/mol. The van der Waals surface area contributed by atoms with Crippen molar-refractivity contribution in [1.82, 2.24) is 0 Å². The Morgan fingerprint density at radius 3 is 1.90 bits per heavy atom. The van der Waals surface area contributed by atoms with Gasteiger partial charge >= 0.3 is 24.0 Å². The highest BCUT2D eigenvalue weighted by Gasteiger charge is 2.65. The van der Waals surface area contributed by atoms with Gasteiger partial charge in [-0.15, -0.1) is 0 Å². The van der Waals surface area contributed by atoms with Crippen LogP contribution in [0.15, 0.2) is 0 Å². The Hall–Kier alpha value is -1.41. The molecule has 0 aromatic carbocycles. The van der Waals surface area contributed by atoms with Crippen LogP contribution in [0.3, 0.4) is 0 Å². The molecular weight excluding hydrogens is 291 g/mol. The van der Waals surface area contributed by atoms with Crippen molar-refractivity contribution in [2.45, 2.75) is 43.9 Å². The van der Waals surface area contributed by atoms with Gasteiger partial charge in [-0.2, -0.15) is 22.0 Å². The number of halogens is 5. The number of carbonyl (C=O) groups is 2. The summed E-state index contributed by atoms with van der Waals surface area (Å²) in [6.45, 7) is 0. The average Bonchev–Trinajstić information content (AvgIpc) is 2.37. The van der Waals surface area contributed by atoms with Crippen molar-refractivity contribution in [3.05, 3.63) is 0 Å². The molecule has 0 unspecified atom stereocenters. The third-order valence-electron chi connectivity index (χ3n) is 3.09. The average molecular weight is 304 g/mol. The van der Waals surface area contributed by atoms with Gasteiger partial charge in [-0.3, -0.25) is 4.79 Å². The third-order valence-corrected chi connectivity index (χ3v) is 3.09. The molecule has 0 bridgehead atoms. The molecule has 0 amide bonds. The first kappa shape index (κ1) is 16.6. The first-order chi connectivity index (χ1) is 9.09. The zero-order valence-corrected chi connectivity index (χ0v) is 10.5. The minimum Gasteiger partial charge on any atom is -0.469 e. The molecule has 0 N–H and O–H groups in total. The van der Waals surface area contributed by atoms with Gasteiger partial charge in [0.1, 0.15) is 6.10 Å². The second-order valence-electron chi connectivity index (χ2n) is 4.47. The molecule has 9 heteroatoms. The summed E-state index contributed by atoms with van der Waals surface area (Å²) >= 11 is 0. The molecule has 0 aromatic heterocycles. The van der Waals surface area contributed by atoms with Crippen molar-refractivity contribution in [2.75, 3.05) is 7.11 Å². The number of rotatable bonds is 3. The van der Waals surface area contributed by atoms with Crippen LogP contribution in [0.1, 0.15) is 25.7 Å². The molecule has 0 atom stereocenters. The number of methoxy groups -OCH3 is 1. The summed E-state index contributed by atoms with van der Waals surface area (Å²) in [5.74, 6) is -9.05. The fourth-order valence-corrected chi connectivity index (χ4v) is 1.92. The van der Waals surface area contributed by atoms with E-state index in [2.05, 4.69) is 9.47 Å². The van der Waals surface area contributed by atoms with E-state index in [0.29, 0.717) is 0 Å². The Morgan fingerprint density at radius 2 is 1.50 bits per heavy atom. The maximum Gasteiger partial charge on any atom is 0.465 e. The van der Waals surface area contributed by atoms with Gasteiger partial charge in [0, 0.05) is 0 Å². The lowest BCUT2D eigenvalue weighted by Crippen LogP contribution is -2.46. The number of ether oxygens (including phenoxy) is 2. The minimum absolute atomic E-state index is 0.0411. The molecule has 0 heterocycles. The Labute approximate surface area is 111 Å². The van der Waals surface area contributed by atoms with Crippen LogP contribution in [-0.2, 0) is 19.1 Å². The molecule has 1 saturated carbocycles. The van der Waals surface area contributed by atoms with E-state index < -0.39 is 36.1 Å². The standard InChI is InChI=1S/C11H13F5O4/c1-19-8(17)6-2-4-7(5-3-6)20-9(18)10(12,13)11(14,15)16/h6-7H,2-5H2,1H3. The van der Waals surface area contributed by atoms with Crippen molar-refractivity contribution in [1.29, 1.82) is 0 Å². The smallest absolute Gasteiger partial charge is 0.465 e. The van der Waals surface area contributed by atoms with Crippen LogP contribution in [0.5, 0.6) is 0 Å². The SMILES string of the molecule is COC(=O)C1CCC(OC(=O)C(F)(F)C(F)(F)F)CC1. The monoisotopic (exact) mass is 304 g/mol. The van der Waals surface area contributed by atoms with E-state index in [1.165, 1.54) is 7.11 Å². The second-order valence-corrected chi connectivity index (χ2v) is 4.47. The predicted octanol–water partition coefficient (Wildman–Crippen LogP) is 2.46. The Kier molecular flexibility index (Phi) is 4.93. The summed E-state index contributed by atoms with van der Waals surface area (Å²) < 4.78 is 69.8. The Balaban J connectivity index is 2.52. The lowest BCUT2D eigenvalue weighted by molar-refractivity contribution is -0.282. The Morgan fingerprint density at radius 1 is 1.00 bits per heavy atom. The lowest BCUT2D eigenvalue weighted by atomic mass is 9.87. The minimum atomic E-state index is -5.98. The summed E-state index contributed by atoms with van der Waals surface area (Å²) in [4.78, 5) is 22.1. The molecule has 116 valence electrons. The van der Waals surface area contributed by atoms with Crippen LogP contribution in [0.4, 0.5) is 22.0 Å². The van der Waals surface area contributed by atoms with Gasteiger partial charge in [0.05, 0.1) is 13.0 Å². The molecule has 0 aromatic rings. The molecular formula is C11H13F5O4.